The van der Waals surface area contributed by atoms with Crippen molar-refractivity contribution in [1.82, 2.24) is 17.9 Å². The predicted octanol–water partition coefficient (Wildman–Crippen LogP) is 7.60. The van der Waals surface area contributed by atoms with Crippen molar-refractivity contribution in [2.45, 2.75) is 34.0 Å². The third-order valence-electron chi connectivity index (χ3n) is 6.58. The van der Waals surface area contributed by atoms with Crippen LogP contribution < -0.4 is 0 Å². The Kier molecular flexibility index (Phi) is 8.05. The van der Waals surface area contributed by atoms with Crippen LogP contribution in [-0.2, 0) is 20.0 Å². The van der Waals surface area contributed by atoms with Gasteiger partial charge in [0.2, 0.25) is 0 Å². The van der Waals surface area contributed by atoms with E-state index in [1.54, 1.807) is 48.5 Å². The first-order chi connectivity index (χ1) is 20.8. The monoisotopic (exact) mass is 701 g/mol. The molecule has 15 heteroatoms. The fraction of sp³-hybridized carbons (Fsp3) is 0.0690. The van der Waals surface area contributed by atoms with E-state index in [0.29, 0.717) is 21.1 Å². The van der Waals surface area contributed by atoms with Gasteiger partial charge in [0.05, 0.1) is 31.9 Å². The number of halogens is 2. The molecule has 224 valence electrons. The van der Waals surface area contributed by atoms with E-state index in [0.717, 1.165) is 42.6 Å². The van der Waals surface area contributed by atoms with Gasteiger partial charge in [-0.1, -0.05) is 58.6 Å². The van der Waals surface area contributed by atoms with E-state index >= 15 is 0 Å². The van der Waals surface area contributed by atoms with E-state index in [-0.39, 0.29) is 35.5 Å². The van der Waals surface area contributed by atoms with Crippen LogP contribution in [0.2, 0.25) is 10.0 Å². The Hall–Kier alpha value is -3.33. The fourth-order valence-corrected chi connectivity index (χ4v) is 9.87. The zero-order valence-electron chi connectivity index (χ0n) is 22.9. The minimum atomic E-state index is -4.14. The van der Waals surface area contributed by atoms with Gasteiger partial charge in [0, 0.05) is 10.0 Å². The van der Waals surface area contributed by atoms with Gasteiger partial charge >= 0.3 is 0 Å². The van der Waals surface area contributed by atoms with Crippen molar-refractivity contribution in [2.24, 2.45) is 0 Å². The number of fused-ring (bicyclic) bond motifs is 2. The number of hydrogen-bond donors (Lipinski definition) is 1. The van der Waals surface area contributed by atoms with Gasteiger partial charge in [-0.15, -0.1) is 0 Å². The quantitative estimate of drug-likeness (QED) is 0.107. The maximum atomic E-state index is 13.9. The zero-order chi connectivity index (χ0) is 31.4. The molecule has 2 aromatic heterocycles. The van der Waals surface area contributed by atoms with Crippen molar-refractivity contribution in [2.75, 3.05) is 0 Å². The summed E-state index contributed by atoms with van der Waals surface area (Å²) in [7, 11) is -8.29. The van der Waals surface area contributed by atoms with E-state index in [9.17, 15) is 16.8 Å². The van der Waals surface area contributed by atoms with Crippen molar-refractivity contribution < 1.29 is 16.8 Å². The molecule has 0 fully saturated rings. The van der Waals surface area contributed by atoms with E-state index in [1.807, 2.05) is 13.8 Å². The molecule has 0 atom stereocenters. The van der Waals surface area contributed by atoms with Crippen molar-refractivity contribution >= 4 is 93.2 Å². The van der Waals surface area contributed by atoms with Crippen LogP contribution in [0.15, 0.2) is 105 Å². The summed E-state index contributed by atoms with van der Waals surface area (Å²) in [6.07, 6.45) is 0. The zero-order valence-corrected chi connectivity index (χ0v) is 27.7. The Labute approximate surface area is 271 Å². The molecule has 0 aliphatic carbocycles. The summed E-state index contributed by atoms with van der Waals surface area (Å²) in [5.41, 5.74) is 2.97. The molecule has 0 saturated carbocycles. The lowest BCUT2D eigenvalue weighted by molar-refractivity contribution is 0.582. The molecule has 6 aromatic rings. The van der Waals surface area contributed by atoms with Crippen LogP contribution in [-0.4, -0.2) is 39.1 Å². The predicted molar refractivity (Wildman–Crippen MR) is 176 cm³/mol. The number of rotatable bonds is 6. The topological polar surface area (TPSA) is 128 Å². The standard InChI is InChI=1S/C29H21Cl2N5O4S4/c1-17-3-9-21(10-4-17)43(37,38)35-25-13-7-19(30)15-23(25)33-28(35)41-27(32)42-29-34-24-16-20(31)8-14-26(24)36(29)44(39,40)22-11-5-18(2)6-12-22/h3-16,32H,1-2H3. The molecule has 4 aromatic carbocycles. The third-order valence-corrected chi connectivity index (χ3v) is 12.5. The molecule has 0 bridgehead atoms. The smallest absolute Gasteiger partial charge is 0.270 e. The second kappa shape index (κ2) is 11.5. The fourth-order valence-electron chi connectivity index (χ4n) is 4.43. The van der Waals surface area contributed by atoms with Crippen molar-refractivity contribution in [3.63, 3.8) is 0 Å². The first kappa shape index (κ1) is 30.7. The third kappa shape index (κ3) is 5.64. The van der Waals surface area contributed by atoms with E-state index in [2.05, 4.69) is 9.97 Å². The average Bonchev–Trinajstić information content (AvgIpc) is 3.50. The number of imidazole rings is 2. The van der Waals surface area contributed by atoms with Crippen molar-refractivity contribution in [3.8, 4) is 0 Å². The number of thioether (sulfide) groups is 2. The largest absolute Gasteiger partial charge is 0.287 e. The maximum absolute atomic E-state index is 13.9. The highest BCUT2D eigenvalue weighted by Crippen LogP contribution is 2.37. The highest BCUT2D eigenvalue weighted by Gasteiger charge is 2.29. The van der Waals surface area contributed by atoms with E-state index < -0.39 is 20.0 Å². The summed E-state index contributed by atoms with van der Waals surface area (Å²) in [5, 5.41) is 9.53. The molecular weight excluding hydrogens is 682 g/mol. The van der Waals surface area contributed by atoms with Crippen LogP contribution in [0.5, 0.6) is 0 Å². The number of nitrogens with zero attached hydrogens (tertiary/aromatic N) is 4. The Morgan fingerprint density at radius 1 is 0.636 bits per heavy atom. The second-order valence-corrected chi connectivity index (χ2v) is 16.4. The van der Waals surface area contributed by atoms with Gasteiger partial charge in [0.15, 0.2) is 10.3 Å². The van der Waals surface area contributed by atoms with E-state index in [1.165, 1.54) is 36.4 Å². The van der Waals surface area contributed by atoms with Crippen molar-refractivity contribution in [1.29, 1.82) is 5.41 Å². The molecule has 6 rings (SSSR count). The Morgan fingerprint density at radius 2 is 1.00 bits per heavy atom. The van der Waals surface area contributed by atoms with Gasteiger partial charge < -0.3 is 0 Å². The van der Waals surface area contributed by atoms with Gasteiger partial charge in [-0.2, -0.15) is 0 Å². The molecule has 0 amide bonds. The first-order valence-corrected chi connectivity index (χ1v) is 18.1. The summed E-state index contributed by atoms with van der Waals surface area (Å²) in [6, 6.07) is 22.1. The lowest BCUT2D eigenvalue weighted by Crippen LogP contribution is -2.15. The van der Waals surface area contributed by atoms with Crippen LogP contribution in [0.4, 0.5) is 0 Å². The maximum Gasteiger partial charge on any atom is 0.270 e. The molecular formula is C29H21Cl2N5O4S4. The molecule has 0 unspecified atom stereocenters. The molecule has 0 radical (unpaired) electrons. The summed E-state index contributed by atoms with van der Waals surface area (Å²) in [6.45, 7) is 3.70. The van der Waals surface area contributed by atoms with Gasteiger partial charge in [0.25, 0.3) is 20.0 Å². The van der Waals surface area contributed by atoms with Gasteiger partial charge in [-0.05, 0) is 98.0 Å². The van der Waals surface area contributed by atoms with Crippen LogP contribution in [0, 0.1) is 19.3 Å². The van der Waals surface area contributed by atoms with Crippen LogP contribution in [0.1, 0.15) is 11.1 Å². The molecule has 0 aliphatic heterocycles. The lowest BCUT2D eigenvalue weighted by atomic mass is 10.2. The van der Waals surface area contributed by atoms with Gasteiger partial charge in [-0.3, -0.25) is 5.41 Å². The average molecular weight is 703 g/mol. The Bertz CT molecular complexity index is 2150. The summed E-state index contributed by atoms with van der Waals surface area (Å²) in [4.78, 5) is 9.07. The lowest BCUT2D eigenvalue weighted by Gasteiger charge is -2.12. The Morgan fingerprint density at radius 3 is 1.36 bits per heavy atom. The number of hydrogen-bond acceptors (Lipinski definition) is 9. The molecule has 0 saturated heterocycles. The molecule has 9 nitrogen and oxygen atoms in total. The van der Waals surface area contributed by atoms with Gasteiger partial charge in [0.1, 0.15) is 4.38 Å². The van der Waals surface area contributed by atoms with Gasteiger partial charge in [-0.25, -0.2) is 34.7 Å². The van der Waals surface area contributed by atoms with Crippen LogP contribution in [0.25, 0.3) is 22.1 Å². The molecule has 1 N–H and O–H groups in total. The summed E-state index contributed by atoms with van der Waals surface area (Å²) in [5.74, 6) is 0. The normalized spacial score (nSPS) is 12.3. The number of nitrogens with one attached hydrogen (secondary N) is 1. The molecule has 0 aliphatic rings. The Balaban J connectivity index is 1.44. The van der Waals surface area contributed by atoms with Crippen LogP contribution in [0.3, 0.4) is 0 Å². The second-order valence-electron chi connectivity index (χ2n) is 9.71. The highest BCUT2D eigenvalue weighted by atomic mass is 35.5. The number of aromatic nitrogens is 4. The summed E-state index contributed by atoms with van der Waals surface area (Å²) >= 11 is 13.9. The number of aryl methyl sites for hydroxylation is 2. The summed E-state index contributed by atoms with van der Waals surface area (Å²) < 4.78 is 57.4. The molecule has 0 spiro atoms. The SMILES string of the molecule is Cc1ccc(S(=O)(=O)n2c(SC(=N)Sc3nc4cc(Cl)ccc4n3S(=O)(=O)c3ccc(C)cc3)nc3cc(Cl)ccc32)cc1. The molecule has 2 heterocycles. The number of benzene rings is 4. The minimum absolute atomic E-state index is 0.0209. The van der Waals surface area contributed by atoms with E-state index in [4.69, 9.17) is 28.6 Å². The van der Waals surface area contributed by atoms with Crippen LogP contribution >= 0.6 is 46.7 Å². The highest BCUT2D eigenvalue weighted by molar-refractivity contribution is 8.38. The minimum Gasteiger partial charge on any atom is -0.287 e. The molecule has 44 heavy (non-hydrogen) atoms. The first-order valence-electron chi connectivity index (χ1n) is 12.8. The van der Waals surface area contributed by atoms with Crippen molar-refractivity contribution in [3.05, 3.63) is 106 Å².